The first-order valence-electron chi connectivity index (χ1n) is 7.18. The van der Waals surface area contributed by atoms with Crippen LogP contribution in [0.1, 0.15) is 43.5 Å². The van der Waals surface area contributed by atoms with E-state index in [1.807, 2.05) is 6.92 Å². The van der Waals surface area contributed by atoms with E-state index in [0.717, 1.165) is 41.6 Å². The van der Waals surface area contributed by atoms with Crippen LogP contribution in [0.2, 0.25) is 0 Å². The Morgan fingerprint density at radius 1 is 1.25 bits per heavy atom. The van der Waals surface area contributed by atoms with Crippen LogP contribution in [0.5, 0.6) is 0 Å². The molecule has 5 nitrogen and oxygen atoms in total. The molecular formula is C15H19N5. The van der Waals surface area contributed by atoms with E-state index in [9.17, 15) is 0 Å². The van der Waals surface area contributed by atoms with E-state index in [1.165, 1.54) is 12.8 Å². The number of hydrogen-bond donors (Lipinski definition) is 1. The Labute approximate surface area is 118 Å². The van der Waals surface area contributed by atoms with Gasteiger partial charge in [-0.15, -0.1) is 0 Å². The van der Waals surface area contributed by atoms with Crippen LogP contribution in [0.4, 0.5) is 5.82 Å². The Kier molecular flexibility index (Phi) is 3.58. The summed E-state index contributed by atoms with van der Waals surface area (Å²) in [6, 6.07) is 0. The van der Waals surface area contributed by atoms with E-state index in [2.05, 4.69) is 27.2 Å². The molecule has 0 aliphatic heterocycles. The van der Waals surface area contributed by atoms with Gasteiger partial charge in [-0.3, -0.25) is 9.97 Å². The lowest BCUT2D eigenvalue weighted by Crippen LogP contribution is -2.09. The number of rotatable bonds is 5. The van der Waals surface area contributed by atoms with E-state index in [1.54, 1.807) is 18.6 Å². The third-order valence-corrected chi connectivity index (χ3v) is 3.45. The highest BCUT2D eigenvalue weighted by Gasteiger charge is 2.28. The fourth-order valence-corrected chi connectivity index (χ4v) is 2.14. The van der Waals surface area contributed by atoms with Crippen molar-refractivity contribution in [3.05, 3.63) is 30.0 Å². The lowest BCUT2D eigenvalue weighted by molar-refractivity contribution is 0.900. The molecule has 0 spiro atoms. The molecule has 1 N–H and O–H groups in total. The molecule has 0 unspecified atom stereocenters. The predicted molar refractivity (Wildman–Crippen MR) is 78.6 cm³/mol. The van der Waals surface area contributed by atoms with Crippen LogP contribution in [0.25, 0.3) is 11.4 Å². The van der Waals surface area contributed by atoms with Gasteiger partial charge < -0.3 is 5.32 Å². The Balaban J connectivity index is 2.05. The van der Waals surface area contributed by atoms with Crippen molar-refractivity contribution >= 4 is 5.82 Å². The van der Waals surface area contributed by atoms with Crippen LogP contribution < -0.4 is 5.32 Å². The number of nitrogens with zero attached hydrogens (tertiary/aromatic N) is 4. The molecule has 2 aromatic rings. The second kappa shape index (κ2) is 5.53. The maximum absolute atomic E-state index is 4.72. The van der Waals surface area contributed by atoms with Crippen molar-refractivity contribution in [1.29, 1.82) is 0 Å². The minimum absolute atomic E-state index is 0.521. The molecule has 104 valence electrons. The predicted octanol–water partition coefficient (Wildman–Crippen LogP) is 2.94. The zero-order valence-electron chi connectivity index (χ0n) is 11.9. The summed E-state index contributed by atoms with van der Waals surface area (Å²) in [5, 5.41) is 3.40. The minimum Gasteiger partial charge on any atom is -0.370 e. The first kappa shape index (κ1) is 13.0. The number of hydrogen-bond acceptors (Lipinski definition) is 5. The normalized spacial score (nSPS) is 14.3. The summed E-state index contributed by atoms with van der Waals surface area (Å²) in [5.41, 5.74) is 2.76. The van der Waals surface area contributed by atoms with Gasteiger partial charge in [-0.2, -0.15) is 0 Å². The summed E-state index contributed by atoms with van der Waals surface area (Å²) in [4.78, 5) is 17.9. The van der Waals surface area contributed by atoms with Gasteiger partial charge >= 0.3 is 0 Å². The van der Waals surface area contributed by atoms with Crippen LogP contribution in [-0.2, 0) is 0 Å². The van der Waals surface area contributed by atoms with Gasteiger partial charge in [0, 0.05) is 30.4 Å². The van der Waals surface area contributed by atoms with Crippen molar-refractivity contribution in [2.75, 3.05) is 11.9 Å². The van der Waals surface area contributed by atoms with Gasteiger partial charge in [0.05, 0.1) is 11.9 Å². The molecule has 2 aromatic heterocycles. The molecule has 0 bridgehead atoms. The Hall–Kier alpha value is -2.04. The molecule has 1 aliphatic rings. The van der Waals surface area contributed by atoms with Crippen LogP contribution in [0.15, 0.2) is 18.6 Å². The molecule has 20 heavy (non-hydrogen) atoms. The molecule has 0 radical (unpaired) electrons. The second-order valence-electron chi connectivity index (χ2n) is 5.20. The quantitative estimate of drug-likeness (QED) is 0.904. The molecular weight excluding hydrogens is 250 g/mol. The van der Waals surface area contributed by atoms with Crippen molar-refractivity contribution in [2.24, 2.45) is 0 Å². The van der Waals surface area contributed by atoms with Gasteiger partial charge in [0.25, 0.3) is 0 Å². The molecule has 3 rings (SSSR count). The first-order valence-corrected chi connectivity index (χ1v) is 7.18. The van der Waals surface area contributed by atoms with Crippen LogP contribution in [0, 0.1) is 6.92 Å². The molecule has 1 aliphatic carbocycles. The Bertz CT molecular complexity index is 593. The van der Waals surface area contributed by atoms with Gasteiger partial charge in [0.1, 0.15) is 17.3 Å². The fourth-order valence-electron chi connectivity index (χ4n) is 2.14. The highest BCUT2D eigenvalue weighted by molar-refractivity contribution is 5.64. The van der Waals surface area contributed by atoms with Crippen molar-refractivity contribution in [2.45, 2.75) is 39.0 Å². The van der Waals surface area contributed by atoms with E-state index < -0.39 is 0 Å². The SMILES string of the molecule is CCCNc1nc(C2CC2)nc(-c2cnccn2)c1C. The van der Waals surface area contributed by atoms with Gasteiger partial charge in [-0.1, -0.05) is 6.92 Å². The van der Waals surface area contributed by atoms with Crippen LogP contribution >= 0.6 is 0 Å². The average Bonchev–Trinajstić information content (AvgIpc) is 3.32. The van der Waals surface area contributed by atoms with E-state index >= 15 is 0 Å². The van der Waals surface area contributed by atoms with Crippen LogP contribution in [0.3, 0.4) is 0 Å². The lowest BCUT2D eigenvalue weighted by atomic mass is 10.1. The third kappa shape index (κ3) is 2.61. The Morgan fingerprint density at radius 3 is 2.75 bits per heavy atom. The van der Waals surface area contributed by atoms with E-state index in [-0.39, 0.29) is 0 Å². The minimum atomic E-state index is 0.521. The molecule has 0 saturated heterocycles. The Morgan fingerprint density at radius 2 is 2.10 bits per heavy atom. The maximum Gasteiger partial charge on any atom is 0.134 e. The summed E-state index contributed by atoms with van der Waals surface area (Å²) in [6.07, 6.45) is 8.59. The topological polar surface area (TPSA) is 63.6 Å². The van der Waals surface area contributed by atoms with Crippen LogP contribution in [-0.4, -0.2) is 26.5 Å². The molecule has 5 heteroatoms. The molecule has 0 amide bonds. The van der Waals surface area contributed by atoms with Gasteiger partial charge in [-0.05, 0) is 26.2 Å². The molecule has 1 fully saturated rings. The van der Waals surface area contributed by atoms with Crippen molar-refractivity contribution < 1.29 is 0 Å². The molecule has 2 heterocycles. The summed E-state index contributed by atoms with van der Waals surface area (Å²) in [6.45, 7) is 5.11. The highest BCUT2D eigenvalue weighted by Crippen LogP contribution is 2.39. The monoisotopic (exact) mass is 269 g/mol. The number of nitrogens with one attached hydrogen (secondary N) is 1. The largest absolute Gasteiger partial charge is 0.370 e. The summed E-state index contributed by atoms with van der Waals surface area (Å²) in [7, 11) is 0. The van der Waals surface area contributed by atoms with E-state index in [0.29, 0.717) is 5.92 Å². The average molecular weight is 269 g/mol. The summed E-state index contributed by atoms with van der Waals surface area (Å²) < 4.78 is 0. The van der Waals surface area contributed by atoms with Crippen molar-refractivity contribution in [1.82, 2.24) is 19.9 Å². The fraction of sp³-hybridized carbons (Fsp3) is 0.467. The standard InChI is InChI=1S/C15H19N5/c1-3-6-18-14-10(2)13(12-9-16-7-8-17-12)19-15(20-14)11-4-5-11/h7-9,11H,3-6H2,1-2H3,(H,18,19,20). The van der Waals surface area contributed by atoms with Gasteiger partial charge in [-0.25, -0.2) is 9.97 Å². The molecule has 1 saturated carbocycles. The van der Waals surface area contributed by atoms with Gasteiger partial charge in [0.15, 0.2) is 0 Å². The van der Waals surface area contributed by atoms with Gasteiger partial charge in [0.2, 0.25) is 0 Å². The number of aromatic nitrogens is 4. The first-order chi connectivity index (χ1) is 9.79. The summed E-state index contributed by atoms with van der Waals surface area (Å²) >= 11 is 0. The van der Waals surface area contributed by atoms with Crippen molar-refractivity contribution in [3.8, 4) is 11.4 Å². The maximum atomic E-state index is 4.72. The smallest absolute Gasteiger partial charge is 0.134 e. The molecule has 0 aromatic carbocycles. The zero-order chi connectivity index (χ0) is 13.9. The highest BCUT2D eigenvalue weighted by atomic mass is 15.0. The summed E-state index contributed by atoms with van der Waals surface area (Å²) in [5.74, 6) is 2.40. The van der Waals surface area contributed by atoms with Crippen molar-refractivity contribution in [3.63, 3.8) is 0 Å². The second-order valence-corrected chi connectivity index (χ2v) is 5.20. The number of anilines is 1. The third-order valence-electron chi connectivity index (χ3n) is 3.45. The van der Waals surface area contributed by atoms with E-state index in [4.69, 9.17) is 4.98 Å². The molecule has 0 atom stereocenters. The zero-order valence-corrected chi connectivity index (χ0v) is 11.9. The lowest BCUT2D eigenvalue weighted by Gasteiger charge is -2.13.